The summed E-state index contributed by atoms with van der Waals surface area (Å²) in [5.41, 5.74) is 0.788. The number of rotatable bonds is 0. The van der Waals surface area contributed by atoms with E-state index in [9.17, 15) is 4.79 Å². The standard InChI is InChI=1S/C9H7NO/c11-9-5-7-10-6-3-1-2-4-8(9)10/h1-7H. The first-order chi connectivity index (χ1) is 5.38. The van der Waals surface area contributed by atoms with Crippen LogP contribution in [-0.4, -0.2) is 4.57 Å². The lowest BCUT2D eigenvalue weighted by molar-refractivity contribution is 1.09. The van der Waals surface area contributed by atoms with Crippen LogP contribution in [-0.2, 0) is 0 Å². The molecule has 0 fully saturated rings. The van der Waals surface area contributed by atoms with Crippen LogP contribution < -0.4 is 5.43 Å². The molecule has 2 heteroatoms. The van der Waals surface area contributed by atoms with Gasteiger partial charge in [-0.25, -0.2) is 0 Å². The van der Waals surface area contributed by atoms with Gasteiger partial charge < -0.3 is 4.57 Å². The average Bonchev–Trinajstić information content (AvgIpc) is 2.25. The van der Waals surface area contributed by atoms with E-state index in [-0.39, 0.29) is 5.43 Å². The molecule has 0 aromatic carbocycles. The van der Waals surface area contributed by atoms with E-state index in [4.69, 9.17) is 0 Å². The summed E-state index contributed by atoms with van der Waals surface area (Å²) in [6.07, 6.45) is 3.62. The fourth-order valence-electron chi connectivity index (χ4n) is 1.09. The maximum atomic E-state index is 11.1. The fraction of sp³-hybridized carbons (Fsp3) is 0. The Balaban J connectivity index is 2.86. The van der Waals surface area contributed by atoms with Crippen molar-refractivity contribution in [3.63, 3.8) is 0 Å². The highest BCUT2D eigenvalue weighted by Crippen LogP contribution is 2.01. The highest BCUT2D eigenvalue weighted by atomic mass is 16.1. The molecule has 54 valence electrons. The van der Waals surface area contributed by atoms with E-state index in [1.54, 1.807) is 12.3 Å². The predicted molar refractivity (Wildman–Crippen MR) is 43.2 cm³/mol. The first-order valence-electron chi connectivity index (χ1n) is 3.44. The van der Waals surface area contributed by atoms with Crippen LogP contribution in [0.2, 0.25) is 0 Å². The van der Waals surface area contributed by atoms with Crippen LogP contribution in [0.3, 0.4) is 0 Å². The summed E-state index contributed by atoms with van der Waals surface area (Å²) in [5.74, 6) is 0. The monoisotopic (exact) mass is 145 g/mol. The first kappa shape index (κ1) is 6.16. The topological polar surface area (TPSA) is 22.0 Å². The lowest BCUT2D eigenvalue weighted by atomic mass is 10.4. The Morgan fingerprint density at radius 2 is 1.91 bits per heavy atom. The third-order valence-corrected chi connectivity index (χ3v) is 1.64. The number of fused-ring (bicyclic) bond motifs is 1. The van der Waals surface area contributed by atoms with Crippen LogP contribution in [0.25, 0.3) is 5.69 Å². The molecule has 0 aliphatic carbocycles. The molecule has 0 aromatic rings. The summed E-state index contributed by atoms with van der Waals surface area (Å²) in [6.45, 7) is 0. The summed E-state index contributed by atoms with van der Waals surface area (Å²) < 4.78 is 1.81. The molecule has 0 amide bonds. The molecule has 2 nitrogen and oxygen atoms in total. The molecule has 0 aromatic heterocycles. The highest BCUT2D eigenvalue weighted by molar-refractivity contribution is 5.32. The zero-order valence-electron chi connectivity index (χ0n) is 5.90. The second-order valence-corrected chi connectivity index (χ2v) is 2.37. The van der Waals surface area contributed by atoms with Gasteiger partial charge in [-0.15, -0.1) is 0 Å². The minimum atomic E-state index is 0.0706. The van der Waals surface area contributed by atoms with Gasteiger partial charge in [0.1, 0.15) is 0 Å². The van der Waals surface area contributed by atoms with E-state index < -0.39 is 0 Å². The van der Waals surface area contributed by atoms with E-state index in [0.29, 0.717) is 0 Å². The summed E-state index contributed by atoms with van der Waals surface area (Å²) in [7, 11) is 0. The van der Waals surface area contributed by atoms with Crippen molar-refractivity contribution < 1.29 is 0 Å². The Kier molecular flexibility index (Phi) is 1.25. The Labute approximate surface area is 64.1 Å². The lowest BCUT2D eigenvalue weighted by Gasteiger charge is -1.92. The van der Waals surface area contributed by atoms with Crippen molar-refractivity contribution in [2.75, 3.05) is 0 Å². The van der Waals surface area contributed by atoms with E-state index in [2.05, 4.69) is 0 Å². The van der Waals surface area contributed by atoms with Gasteiger partial charge in [0.05, 0.1) is 5.69 Å². The molecule has 0 bridgehead atoms. The second-order valence-electron chi connectivity index (χ2n) is 2.37. The quantitative estimate of drug-likeness (QED) is 0.547. The Morgan fingerprint density at radius 3 is 2.82 bits per heavy atom. The van der Waals surface area contributed by atoms with Crippen molar-refractivity contribution in [2.45, 2.75) is 0 Å². The predicted octanol–water partition coefficient (Wildman–Crippen LogP) is 1.28. The lowest BCUT2D eigenvalue weighted by Crippen LogP contribution is -1.98. The van der Waals surface area contributed by atoms with Gasteiger partial charge in [0, 0.05) is 18.5 Å². The maximum Gasteiger partial charge on any atom is 0.203 e. The van der Waals surface area contributed by atoms with E-state index in [0.717, 1.165) is 5.69 Å². The zero-order valence-corrected chi connectivity index (χ0v) is 5.90. The molecular weight excluding hydrogens is 138 g/mol. The number of aromatic nitrogens is 1. The molecule has 0 unspecified atom stereocenters. The normalized spacial score (nSPS) is 10.2. The molecule has 2 rings (SSSR count). The van der Waals surface area contributed by atoms with Crippen LogP contribution in [0.15, 0.2) is 47.5 Å². The Bertz CT molecular complexity index is 391. The van der Waals surface area contributed by atoms with E-state index in [1.807, 2.05) is 35.0 Å². The molecule has 0 spiro atoms. The minimum absolute atomic E-state index is 0.0706. The van der Waals surface area contributed by atoms with Crippen LogP contribution in [0.1, 0.15) is 0 Å². The number of hydrogen-bond acceptors (Lipinski definition) is 1. The summed E-state index contributed by atoms with van der Waals surface area (Å²) in [4.78, 5) is 11.1. The van der Waals surface area contributed by atoms with Crippen molar-refractivity contribution in [2.24, 2.45) is 0 Å². The van der Waals surface area contributed by atoms with Gasteiger partial charge in [-0.3, -0.25) is 4.79 Å². The van der Waals surface area contributed by atoms with Crippen molar-refractivity contribution in [1.29, 1.82) is 0 Å². The smallest absolute Gasteiger partial charge is 0.203 e. The van der Waals surface area contributed by atoms with Gasteiger partial charge in [-0.1, -0.05) is 12.1 Å². The van der Waals surface area contributed by atoms with Gasteiger partial charge in [0.25, 0.3) is 0 Å². The largest absolute Gasteiger partial charge is 0.320 e. The van der Waals surface area contributed by atoms with Gasteiger partial charge in [0.2, 0.25) is 5.43 Å². The van der Waals surface area contributed by atoms with Crippen LogP contribution in [0.5, 0.6) is 0 Å². The second kappa shape index (κ2) is 2.23. The van der Waals surface area contributed by atoms with Crippen molar-refractivity contribution in [3.05, 3.63) is 52.9 Å². The van der Waals surface area contributed by atoms with Crippen molar-refractivity contribution in [1.82, 2.24) is 4.57 Å². The summed E-state index contributed by atoms with van der Waals surface area (Å²) in [5, 5.41) is 0. The molecule has 2 aliphatic heterocycles. The Hall–Kier alpha value is -1.57. The summed E-state index contributed by atoms with van der Waals surface area (Å²) >= 11 is 0. The third kappa shape index (κ3) is 0.923. The minimum Gasteiger partial charge on any atom is -0.320 e. The van der Waals surface area contributed by atoms with Gasteiger partial charge in [-0.2, -0.15) is 0 Å². The number of hydrogen-bond donors (Lipinski definition) is 0. The molecular formula is C9H7NO. The SMILES string of the molecule is O=c1ccn2cccccc1-2. The molecule has 2 heterocycles. The van der Waals surface area contributed by atoms with Crippen LogP contribution >= 0.6 is 0 Å². The fourth-order valence-corrected chi connectivity index (χ4v) is 1.09. The molecule has 2 aliphatic rings. The van der Waals surface area contributed by atoms with Gasteiger partial charge in [0.15, 0.2) is 0 Å². The molecule has 0 radical (unpaired) electrons. The molecule has 0 saturated carbocycles. The Morgan fingerprint density at radius 1 is 1.00 bits per heavy atom. The van der Waals surface area contributed by atoms with E-state index in [1.165, 1.54) is 0 Å². The molecule has 0 N–H and O–H groups in total. The first-order valence-corrected chi connectivity index (χ1v) is 3.44. The van der Waals surface area contributed by atoms with Gasteiger partial charge in [-0.05, 0) is 12.1 Å². The zero-order chi connectivity index (χ0) is 7.68. The van der Waals surface area contributed by atoms with Crippen molar-refractivity contribution >= 4 is 0 Å². The summed E-state index contributed by atoms with van der Waals surface area (Å²) in [6, 6.07) is 9.02. The van der Waals surface area contributed by atoms with Crippen LogP contribution in [0, 0.1) is 0 Å². The number of nitrogens with zero attached hydrogens (tertiary/aromatic N) is 1. The molecule has 11 heavy (non-hydrogen) atoms. The average molecular weight is 145 g/mol. The molecule has 0 saturated heterocycles. The molecule has 0 atom stereocenters. The van der Waals surface area contributed by atoms with Crippen molar-refractivity contribution in [3.8, 4) is 5.69 Å². The maximum absolute atomic E-state index is 11.1. The van der Waals surface area contributed by atoms with Gasteiger partial charge >= 0.3 is 0 Å². The van der Waals surface area contributed by atoms with Crippen LogP contribution in [0.4, 0.5) is 0 Å². The highest BCUT2D eigenvalue weighted by Gasteiger charge is 1.99. The van der Waals surface area contributed by atoms with E-state index >= 15 is 0 Å². The third-order valence-electron chi connectivity index (χ3n) is 1.64.